The zero-order valence-electron chi connectivity index (χ0n) is 10.8. The fraction of sp³-hybridized carbons (Fsp3) is 0.417. The summed E-state index contributed by atoms with van der Waals surface area (Å²) in [5, 5.41) is 19.5. The van der Waals surface area contributed by atoms with Crippen molar-refractivity contribution in [3.63, 3.8) is 0 Å². The van der Waals surface area contributed by atoms with Gasteiger partial charge < -0.3 is 14.9 Å². The summed E-state index contributed by atoms with van der Waals surface area (Å²) < 4.78 is 13.6. The molecule has 0 bridgehead atoms. The minimum Gasteiger partial charge on any atom is -0.465 e. The van der Waals surface area contributed by atoms with Crippen LogP contribution in [-0.4, -0.2) is 46.7 Å². The van der Waals surface area contributed by atoms with Gasteiger partial charge in [-0.05, 0) is 13.0 Å². The molecule has 0 saturated carbocycles. The molecule has 1 aliphatic rings. The normalized spacial score (nSPS) is 19.0. The number of hydrogen-bond donors (Lipinski definition) is 1. The molecule has 2 rings (SSSR count). The van der Waals surface area contributed by atoms with E-state index in [9.17, 15) is 19.3 Å². The van der Waals surface area contributed by atoms with Crippen LogP contribution in [-0.2, 0) is 0 Å². The second-order valence-corrected chi connectivity index (χ2v) is 4.66. The fourth-order valence-corrected chi connectivity index (χ4v) is 2.32. The standard InChI is InChI=1S/C12H14FN3O4/c1-8-7-14(4-5-15(8)12(17)18)9-2-3-11(16(19)20)10(13)6-9/h2-3,6,8H,4-5,7H2,1H3,(H,17,18)/t8-/m1/s1. The minimum absolute atomic E-state index is 0.223. The minimum atomic E-state index is -0.980. The third kappa shape index (κ3) is 2.63. The van der Waals surface area contributed by atoms with E-state index in [1.807, 2.05) is 4.90 Å². The van der Waals surface area contributed by atoms with Gasteiger partial charge in [-0.15, -0.1) is 0 Å². The molecule has 1 aromatic rings. The van der Waals surface area contributed by atoms with Crippen LogP contribution in [0.3, 0.4) is 0 Å². The van der Waals surface area contributed by atoms with Gasteiger partial charge >= 0.3 is 11.8 Å². The average molecular weight is 283 g/mol. The summed E-state index contributed by atoms with van der Waals surface area (Å²) in [5.74, 6) is -0.888. The Morgan fingerprint density at radius 3 is 2.70 bits per heavy atom. The Bertz CT molecular complexity index is 552. The highest BCUT2D eigenvalue weighted by Gasteiger charge is 2.28. The van der Waals surface area contributed by atoms with E-state index in [1.165, 1.54) is 11.0 Å². The Labute approximate surface area is 114 Å². The number of nitrogens with zero attached hydrogens (tertiary/aromatic N) is 3. The van der Waals surface area contributed by atoms with E-state index in [0.29, 0.717) is 25.3 Å². The van der Waals surface area contributed by atoms with Crippen LogP contribution in [0.4, 0.5) is 20.6 Å². The van der Waals surface area contributed by atoms with Crippen LogP contribution in [0, 0.1) is 15.9 Å². The molecule has 1 saturated heterocycles. The second kappa shape index (κ2) is 5.32. The van der Waals surface area contributed by atoms with Crippen molar-refractivity contribution in [3.8, 4) is 0 Å². The maximum atomic E-state index is 13.6. The van der Waals surface area contributed by atoms with Crippen LogP contribution in [0.1, 0.15) is 6.92 Å². The molecule has 7 nitrogen and oxygen atoms in total. The quantitative estimate of drug-likeness (QED) is 0.662. The molecule has 1 amide bonds. The Morgan fingerprint density at radius 1 is 1.50 bits per heavy atom. The van der Waals surface area contributed by atoms with E-state index < -0.39 is 22.5 Å². The summed E-state index contributed by atoms with van der Waals surface area (Å²) >= 11 is 0. The van der Waals surface area contributed by atoms with Gasteiger partial charge in [-0.2, -0.15) is 4.39 Å². The third-order valence-corrected chi connectivity index (χ3v) is 3.37. The zero-order valence-corrected chi connectivity index (χ0v) is 10.8. The van der Waals surface area contributed by atoms with Crippen molar-refractivity contribution in [3.05, 3.63) is 34.1 Å². The first-order chi connectivity index (χ1) is 9.40. The van der Waals surface area contributed by atoms with Crippen molar-refractivity contribution in [2.75, 3.05) is 24.5 Å². The van der Waals surface area contributed by atoms with Crippen molar-refractivity contribution in [1.29, 1.82) is 0 Å². The summed E-state index contributed by atoms with van der Waals surface area (Å²) in [4.78, 5) is 23.9. The molecule has 1 aliphatic heterocycles. The number of benzene rings is 1. The Balaban J connectivity index is 2.16. The van der Waals surface area contributed by atoms with Gasteiger partial charge in [-0.1, -0.05) is 0 Å². The van der Waals surface area contributed by atoms with E-state index in [-0.39, 0.29) is 6.04 Å². The molecule has 0 aliphatic carbocycles. The van der Waals surface area contributed by atoms with Gasteiger partial charge in [-0.25, -0.2) is 4.79 Å². The number of piperazine rings is 1. The number of carbonyl (C=O) groups is 1. The van der Waals surface area contributed by atoms with Crippen molar-refractivity contribution < 1.29 is 19.2 Å². The molecule has 1 atom stereocenters. The lowest BCUT2D eigenvalue weighted by atomic mass is 10.1. The Kier molecular flexibility index (Phi) is 3.73. The predicted molar refractivity (Wildman–Crippen MR) is 69.5 cm³/mol. The summed E-state index contributed by atoms with van der Waals surface area (Å²) in [6.07, 6.45) is -0.980. The van der Waals surface area contributed by atoms with Crippen molar-refractivity contribution >= 4 is 17.5 Å². The van der Waals surface area contributed by atoms with Crippen LogP contribution in [0.15, 0.2) is 18.2 Å². The lowest BCUT2D eigenvalue weighted by Crippen LogP contribution is -2.53. The lowest BCUT2D eigenvalue weighted by molar-refractivity contribution is -0.387. The highest BCUT2D eigenvalue weighted by molar-refractivity contribution is 5.66. The SMILES string of the molecule is C[C@@H]1CN(c2ccc([N+](=O)[O-])c(F)c2)CCN1C(=O)O. The number of nitro benzene ring substituents is 1. The van der Waals surface area contributed by atoms with Crippen molar-refractivity contribution in [2.45, 2.75) is 13.0 Å². The number of halogens is 1. The summed E-state index contributed by atoms with van der Waals surface area (Å²) in [7, 11) is 0. The largest absolute Gasteiger partial charge is 0.465 e. The van der Waals surface area contributed by atoms with E-state index in [2.05, 4.69) is 0 Å². The van der Waals surface area contributed by atoms with Gasteiger partial charge in [0, 0.05) is 43.5 Å². The van der Waals surface area contributed by atoms with E-state index in [4.69, 9.17) is 5.11 Å². The highest BCUT2D eigenvalue weighted by atomic mass is 19.1. The number of rotatable bonds is 2. The van der Waals surface area contributed by atoms with Gasteiger partial charge in [0.05, 0.1) is 4.92 Å². The molecule has 0 unspecified atom stereocenters. The number of nitro groups is 1. The second-order valence-electron chi connectivity index (χ2n) is 4.66. The van der Waals surface area contributed by atoms with E-state index in [1.54, 1.807) is 6.92 Å². The van der Waals surface area contributed by atoms with Crippen LogP contribution < -0.4 is 4.90 Å². The van der Waals surface area contributed by atoms with Gasteiger partial charge in [-0.3, -0.25) is 10.1 Å². The Hall–Kier alpha value is -2.38. The molecular formula is C12H14FN3O4. The molecule has 0 spiro atoms. The van der Waals surface area contributed by atoms with Crippen molar-refractivity contribution in [2.24, 2.45) is 0 Å². The number of hydrogen-bond acceptors (Lipinski definition) is 4. The number of carboxylic acid groups (broad SMARTS) is 1. The molecule has 1 fully saturated rings. The molecule has 0 aromatic heterocycles. The molecule has 1 aromatic carbocycles. The topological polar surface area (TPSA) is 86.9 Å². The first-order valence-corrected chi connectivity index (χ1v) is 6.08. The molecule has 20 heavy (non-hydrogen) atoms. The van der Waals surface area contributed by atoms with E-state index in [0.717, 1.165) is 12.1 Å². The summed E-state index contributed by atoms with van der Waals surface area (Å²) in [5.41, 5.74) is -0.0454. The smallest absolute Gasteiger partial charge is 0.407 e. The van der Waals surface area contributed by atoms with Gasteiger partial charge in [0.25, 0.3) is 0 Å². The Morgan fingerprint density at radius 2 is 2.20 bits per heavy atom. The van der Waals surface area contributed by atoms with E-state index >= 15 is 0 Å². The summed E-state index contributed by atoms with van der Waals surface area (Å²) in [6, 6.07) is 3.49. The molecule has 108 valence electrons. The monoisotopic (exact) mass is 283 g/mol. The van der Waals surface area contributed by atoms with Gasteiger partial charge in [0.1, 0.15) is 0 Å². The van der Waals surface area contributed by atoms with Crippen LogP contribution >= 0.6 is 0 Å². The maximum Gasteiger partial charge on any atom is 0.407 e. The first-order valence-electron chi connectivity index (χ1n) is 6.08. The number of anilines is 1. The summed E-state index contributed by atoms with van der Waals surface area (Å²) in [6.45, 7) is 2.93. The molecule has 8 heteroatoms. The fourth-order valence-electron chi connectivity index (χ4n) is 2.32. The zero-order chi connectivity index (χ0) is 14.9. The van der Waals surface area contributed by atoms with Crippen LogP contribution in [0.25, 0.3) is 0 Å². The number of amides is 1. The lowest BCUT2D eigenvalue weighted by Gasteiger charge is -2.39. The maximum absolute atomic E-state index is 13.6. The molecule has 1 N–H and O–H groups in total. The molecule has 1 heterocycles. The van der Waals surface area contributed by atoms with Crippen molar-refractivity contribution in [1.82, 2.24) is 4.90 Å². The van der Waals surface area contributed by atoms with Gasteiger partial charge in [0.15, 0.2) is 0 Å². The van der Waals surface area contributed by atoms with Gasteiger partial charge in [0.2, 0.25) is 5.82 Å². The molecule has 0 radical (unpaired) electrons. The third-order valence-electron chi connectivity index (χ3n) is 3.37. The van der Waals surface area contributed by atoms with Crippen LogP contribution in [0.5, 0.6) is 0 Å². The van der Waals surface area contributed by atoms with Crippen LogP contribution in [0.2, 0.25) is 0 Å². The average Bonchev–Trinajstić information content (AvgIpc) is 2.37. The predicted octanol–water partition coefficient (Wildman–Crippen LogP) is 1.92. The first kappa shape index (κ1) is 14.0. The highest BCUT2D eigenvalue weighted by Crippen LogP contribution is 2.25. The molecular weight excluding hydrogens is 269 g/mol.